The van der Waals surface area contributed by atoms with Crippen LogP contribution in [0.4, 0.5) is 0 Å². The normalized spacial score (nSPS) is 35.6. The zero-order chi connectivity index (χ0) is 11.6. The monoisotopic (exact) mass is 226 g/mol. The van der Waals surface area contributed by atoms with Crippen molar-refractivity contribution in [2.24, 2.45) is 0 Å². The number of hydrogen-bond donors (Lipinski definition) is 2. The average molecular weight is 226 g/mol. The maximum Gasteiger partial charge on any atom is 0.0613 e. The quantitative estimate of drug-likeness (QED) is 0.743. The lowest BCUT2D eigenvalue weighted by Gasteiger charge is -2.44. The molecule has 0 saturated heterocycles. The van der Waals surface area contributed by atoms with E-state index in [1.807, 2.05) is 7.05 Å². The number of aliphatic hydroxyl groups excluding tert-OH is 1. The number of rotatable bonds is 5. The van der Waals surface area contributed by atoms with Crippen molar-refractivity contribution in [2.75, 3.05) is 20.2 Å². The first-order chi connectivity index (χ1) is 7.74. The largest absolute Gasteiger partial charge is 0.394 e. The van der Waals surface area contributed by atoms with Gasteiger partial charge in [-0.1, -0.05) is 6.92 Å². The summed E-state index contributed by atoms with van der Waals surface area (Å²) in [4.78, 5) is 2.67. The van der Waals surface area contributed by atoms with E-state index in [2.05, 4.69) is 17.1 Å². The molecular formula is C13H26N2O. The Bertz CT molecular complexity index is 224. The fraction of sp³-hybridized carbons (Fsp3) is 1.00. The molecule has 0 heterocycles. The summed E-state index contributed by atoms with van der Waals surface area (Å²) < 4.78 is 0. The molecule has 0 radical (unpaired) electrons. The van der Waals surface area contributed by atoms with E-state index in [1.165, 1.54) is 32.2 Å². The summed E-state index contributed by atoms with van der Waals surface area (Å²) in [7, 11) is 1.99. The standard InChI is InChI=1S/C13H26N2O/c1-3-15(11-6-7-11)12-5-4-8-13(9-12,10-16)14-2/h11-12,14,16H,3-10H2,1-2H3. The summed E-state index contributed by atoms with van der Waals surface area (Å²) in [6.45, 7) is 3.72. The smallest absolute Gasteiger partial charge is 0.0613 e. The van der Waals surface area contributed by atoms with Crippen LogP contribution >= 0.6 is 0 Å². The fourth-order valence-corrected chi connectivity index (χ4v) is 3.28. The molecule has 3 nitrogen and oxygen atoms in total. The van der Waals surface area contributed by atoms with Crippen LogP contribution in [0.5, 0.6) is 0 Å². The summed E-state index contributed by atoms with van der Waals surface area (Å²) >= 11 is 0. The Hall–Kier alpha value is -0.120. The van der Waals surface area contributed by atoms with E-state index in [0.717, 1.165) is 18.9 Å². The number of likely N-dealkylation sites (N-methyl/N-ethyl adjacent to an activating group) is 1. The molecule has 2 aliphatic rings. The topological polar surface area (TPSA) is 35.5 Å². The average Bonchev–Trinajstić information content (AvgIpc) is 3.15. The molecule has 2 atom stereocenters. The predicted molar refractivity (Wildman–Crippen MR) is 66.5 cm³/mol. The minimum absolute atomic E-state index is 0.00870. The SMILES string of the molecule is CCN(C1CC1)C1CCCC(CO)(NC)C1. The molecule has 0 aromatic rings. The summed E-state index contributed by atoms with van der Waals surface area (Å²) in [6, 6.07) is 1.53. The minimum Gasteiger partial charge on any atom is -0.394 e. The molecule has 0 aliphatic heterocycles. The summed E-state index contributed by atoms with van der Waals surface area (Å²) in [5, 5.41) is 12.9. The third-order valence-electron chi connectivity index (χ3n) is 4.50. The van der Waals surface area contributed by atoms with Crippen molar-refractivity contribution in [3.63, 3.8) is 0 Å². The number of nitrogens with one attached hydrogen (secondary N) is 1. The first-order valence-electron chi connectivity index (χ1n) is 6.80. The highest BCUT2D eigenvalue weighted by molar-refractivity contribution is 4.98. The zero-order valence-electron chi connectivity index (χ0n) is 10.7. The second-order valence-corrected chi connectivity index (χ2v) is 5.50. The molecule has 0 bridgehead atoms. The molecule has 2 aliphatic carbocycles. The van der Waals surface area contributed by atoms with Gasteiger partial charge in [-0.2, -0.15) is 0 Å². The van der Waals surface area contributed by atoms with Gasteiger partial charge >= 0.3 is 0 Å². The van der Waals surface area contributed by atoms with Crippen LogP contribution in [0.25, 0.3) is 0 Å². The van der Waals surface area contributed by atoms with Gasteiger partial charge in [0.05, 0.1) is 6.61 Å². The summed E-state index contributed by atoms with van der Waals surface area (Å²) in [6.07, 6.45) is 7.57. The second kappa shape index (κ2) is 5.03. The summed E-state index contributed by atoms with van der Waals surface area (Å²) in [5.41, 5.74) is -0.00870. The Balaban J connectivity index is 1.99. The van der Waals surface area contributed by atoms with Gasteiger partial charge in [-0.25, -0.2) is 0 Å². The number of hydrogen-bond acceptors (Lipinski definition) is 3. The van der Waals surface area contributed by atoms with Crippen LogP contribution in [0.1, 0.15) is 45.4 Å². The van der Waals surface area contributed by atoms with Crippen molar-refractivity contribution in [3.8, 4) is 0 Å². The van der Waals surface area contributed by atoms with Gasteiger partial charge in [0.15, 0.2) is 0 Å². The van der Waals surface area contributed by atoms with Crippen LogP contribution < -0.4 is 5.32 Å². The molecule has 2 unspecified atom stereocenters. The van der Waals surface area contributed by atoms with Crippen molar-refractivity contribution in [3.05, 3.63) is 0 Å². The van der Waals surface area contributed by atoms with E-state index < -0.39 is 0 Å². The molecule has 94 valence electrons. The maximum absolute atomic E-state index is 9.59. The highest BCUT2D eigenvalue weighted by Gasteiger charge is 2.40. The molecule has 2 N–H and O–H groups in total. The third kappa shape index (κ3) is 2.41. The van der Waals surface area contributed by atoms with Crippen molar-refractivity contribution in [1.82, 2.24) is 10.2 Å². The predicted octanol–water partition coefficient (Wildman–Crippen LogP) is 1.36. The van der Waals surface area contributed by atoms with Gasteiger partial charge in [0.25, 0.3) is 0 Å². The van der Waals surface area contributed by atoms with Crippen molar-refractivity contribution in [1.29, 1.82) is 0 Å². The molecule has 2 saturated carbocycles. The van der Waals surface area contributed by atoms with Gasteiger partial charge < -0.3 is 10.4 Å². The van der Waals surface area contributed by atoms with Gasteiger partial charge in [0, 0.05) is 17.6 Å². The second-order valence-electron chi connectivity index (χ2n) is 5.50. The fourth-order valence-electron chi connectivity index (χ4n) is 3.28. The highest BCUT2D eigenvalue weighted by Crippen LogP contribution is 2.36. The Morgan fingerprint density at radius 1 is 1.31 bits per heavy atom. The van der Waals surface area contributed by atoms with Crippen LogP contribution in [0, 0.1) is 0 Å². The molecule has 3 heteroatoms. The van der Waals surface area contributed by atoms with Gasteiger partial charge in [0.2, 0.25) is 0 Å². The molecule has 0 spiro atoms. The molecule has 0 amide bonds. The lowest BCUT2D eigenvalue weighted by molar-refractivity contribution is 0.0623. The third-order valence-corrected chi connectivity index (χ3v) is 4.50. The Labute approximate surface area is 99.2 Å². The maximum atomic E-state index is 9.59. The molecular weight excluding hydrogens is 200 g/mol. The van der Waals surface area contributed by atoms with Crippen LogP contribution in [-0.2, 0) is 0 Å². The van der Waals surface area contributed by atoms with Crippen molar-refractivity contribution in [2.45, 2.75) is 63.1 Å². The number of nitrogens with zero attached hydrogens (tertiary/aromatic N) is 1. The molecule has 0 aromatic carbocycles. The van der Waals surface area contributed by atoms with Gasteiger partial charge in [-0.05, 0) is 52.1 Å². The van der Waals surface area contributed by atoms with Gasteiger partial charge in [-0.15, -0.1) is 0 Å². The highest BCUT2D eigenvalue weighted by atomic mass is 16.3. The zero-order valence-corrected chi connectivity index (χ0v) is 10.7. The van der Waals surface area contributed by atoms with Crippen LogP contribution in [0.3, 0.4) is 0 Å². The van der Waals surface area contributed by atoms with E-state index in [9.17, 15) is 5.11 Å². The molecule has 16 heavy (non-hydrogen) atoms. The first-order valence-corrected chi connectivity index (χ1v) is 6.80. The minimum atomic E-state index is -0.00870. The van der Waals surface area contributed by atoms with E-state index in [0.29, 0.717) is 6.04 Å². The Kier molecular flexibility index (Phi) is 3.88. The molecule has 2 rings (SSSR count). The van der Waals surface area contributed by atoms with Crippen LogP contribution in [0.15, 0.2) is 0 Å². The van der Waals surface area contributed by atoms with E-state index in [-0.39, 0.29) is 12.1 Å². The first kappa shape index (κ1) is 12.3. The van der Waals surface area contributed by atoms with Crippen molar-refractivity contribution < 1.29 is 5.11 Å². The van der Waals surface area contributed by atoms with Crippen LogP contribution in [-0.4, -0.2) is 47.8 Å². The van der Waals surface area contributed by atoms with E-state index in [1.54, 1.807) is 0 Å². The lowest BCUT2D eigenvalue weighted by Crippen LogP contribution is -2.55. The van der Waals surface area contributed by atoms with Crippen LogP contribution in [0.2, 0.25) is 0 Å². The van der Waals surface area contributed by atoms with Gasteiger partial charge in [-0.3, -0.25) is 4.90 Å². The van der Waals surface area contributed by atoms with Gasteiger partial charge in [0.1, 0.15) is 0 Å². The molecule has 2 fully saturated rings. The molecule has 0 aromatic heterocycles. The van der Waals surface area contributed by atoms with E-state index >= 15 is 0 Å². The van der Waals surface area contributed by atoms with E-state index in [4.69, 9.17) is 0 Å². The Morgan fingerprint density at radius 2 is 2.06 bits per heavy atom. The Morgan fingerprint density at radius 3 is 2.56 bits per heavy atom. The summed E-state index contributed by atoms with van der Waals surface area (Å²) in [5.74, 6) is 0. The van der Waals surface area contributed by atoms with Crippen molar-refractivity contribution >= 4 is 0 Å². The lowest BCUT2D eigenvalue weighted by atomic mass is 9.79. The number of aliphatic hydroxyl groups is 1.